The number of ketones is 2. The predicted molar refractivity (Wildman–Crippen MR) is 152 cm³/mol. The molecule has 4 rings (SSSR count). The Balaban J connectivity index is 1.54. The van der Waals surface area contributed by atoms with Crippen LogP contribution in [0.5, 0.6) is 0 Å². The van der Waals surface area contributed by atoms with Crippen molar-refractivity contribution < 1.29 is 14.4 Å². The van der Waals surface area contributed by atoms with E-state index in [1.54, 1.807) is 10.6 Å². The SMILES string of the molecule is CCCCC(CCC(=O)NCC1=C(c2ccccc2)C=CC(=O)C1=O)n1c(-c2ccccc2)ncc(N)c1=O. The van der Waals surface area contributed by atoms with Gasteiger partial charge in [0.05, 0.1) is 6.20 Å². The Morgan fingerprint density at radius 1 is 0.949 bits per heavy atom. The molecule has 8 nitrogen and oxygen atoms in total. The van der Waals surface area contributed by atoms with Gasteiger partial charge in [0.1, 0.15) is 11.5 Å². The van der Waals surface area contributed by atoms with E-state index in [4.69, 9.17) is 5.73 Å². The highest BCUT2D eigenvalue weighted by Crippen LogP contribution is 2.27. The highest BCUT2D eigenvalue weighted by molar-refractivity contribution is 6.50. The summed E-state index contributed by atoms with van der Waals surface area (Å²) in [7, 11) is 0. The molecule has 0 bridgehead atoms. The smallest absolute Gasteiger partial charge is 0.277 e. The molecule has 1 heterocycles. The van der Waals surface area contributed by atoms with Crippen molar-refractivity contribution in [2.75, 3.05) is 12.3 Å². The van der Waals surface area contributed by atoms with Gasteiger partial charge in [-0.15, -0.1) is 0 Å². The number of Topliss-reactive ketones (excluding diaryl/α,β-unsaturated/α-hetero) is 1. The normalized spacial score (nSPS) is 14.0. The number of carbonyl (C=O) groups is 3. The Morgan fingerprint density at radius 2 is 1.62 bits per heavy atom. The van der Waals surface area contributed by atoms with Crippen molar-refractivity contribution >= 4 is 28.7 Å². The highest BCUT2D eigenvalue weighted by atomic mass is 16.2. The molecule has 0 saturated heterocycles. The van der Waals surface area contributed by atoms with Crippen LogP contribution in [0.1, 0.15) is 50.6 Å². The quantitative estimate of drug-likeness (QED) is 0.285. The number of nitrogens with two attached hydrogens (primary N) is 1. The average molecular weight is 525 g/mol. The van der Waals surface area contributed by atoms with Gasteiger partial charge in [-0.05, 0) is 36.1 Å². The van der Waals surface area contributed by atoms with Gasteiger partial charge in [-0.1, -0.05) is 80.4 Å². The fraction of sp³-hybridized carbons (Fsp3) is 0.258. The van der Waals surface area contributed by atoms with Crippen LogP contribution in [0.25, 0.3) is 17.0 Å². The summed E-state index contributed by atoms with van der Waals surface area (Å²) in [6.07, 6.45) is 7.22. The molecule has 39 heavy (non-hydrogen) atoms. The molecule has 1 aromatic heterocycles. The second kappa shape index (κ2) is 12.8. The van der Waals surface area contributed by atoms with Crippen LogP contribution in [0.15, 0.2) is 89.4 Å². The van der Waals surface area contributed by atoms with E-state index in [-0.39, 0.29) is 41.7 Å². The Labute approximate surface area is 227 Å². The molecule has 0 fully saturated rings. The van der Waals surface area contributed by atoms with E-state index < -0.39 is 11.6 Å². The minimum absolute atomic E-state index is 0.0505. The third kappa shape index (κ3) is 6.46. The number of amides is 1. The first kappa shape index (κ1) is 27.4. The second-order valence-corrected chi connectivity index (χ2v) is 9.47. The molecule has 3 aromatic rings. The van der Waals surface area contributed by atoms with Crippen molar-refractivity contribution in [1.29, 1.82) is 0 Å². The molecule has 0 spiro atoms. The summed E-state index contributed by atoms with van der Waals surface area (Å²) in [4.78, 5) is 55.4. The van der Waals surface area contributed by atoms with Gasteiger partial charge in [-0.3, -0.25) is 23.7 Å². The molecule has 0 aliphatic heterocycles. The third-order valence-corrected chi connectivity index (χ3v) is 6.78. The van der Waals surface area contributed by atoms with Crippen LogP contribution in [-0.4, -0.2) is 33.6 Å². The number of carbonyl (C=O) groups excluding carboxylic acids is 3. The van der Waals surface area contributed by atoms with E-state index in [0.717, 1.165) is 24.0 Å². The molecule has 3 N–H and O–H groups in total. The van der Waals surface area contributed by atoms with Crippen molar-refractivity contribution in [2.45, 2.75) is 45.1 Å². The molecule has 1 amide bonds. The summed E-state index contributed by atoms with van der Waals surface area (Å²) in [5.41, 5.74) is 8.13. The van der Waals surface area contributed by atoms with Crippen LogP contribution >= 0.6 is 0 Å². The maximum atomic E-state index is 13.2. The Kier molecular flexibility index (Phi) is 8.99. The van der Waals surface area contributed by atoms with Crippen LogP contribution in [0.3, 0.4) is 0 Å². The van der Waals surface area contributed by atoms with Crippen LogP contribution in [0.4, 0.5) is 5.69 Å². The summed E-state index contributed by atoms with van der Waals surface area (Å²) < 4.78 is 1.61. The topological polar surface area (TPSA) is 124 Å². The van der Waals surface area contributed by atoms with Gasteiger partial charge < -0.3 is 11.1 Å². The molecular formula is C31H32N4O4. The van der Waals surface area contributed by atoms with E-state index in [0.29, 0.717) is 24.2 Å². The number of nitrogens with zero attached hydrogens (tertiary/aromatic N) is 2. The van der Waals surface area contributed by atoms with Gasteiger partial charge in [0, 0.05) is 30.1 Å². The van der Waals surface area contributed by atoms with Crippen LogP contribution in [0, 0.1) is 0 Å². The minimum atomic E-state index is -0.623. The summed E-state index contributed by atoms with van der Waals surface area (Å²) in [5.74, 6) is -1.01. The number of allylic oxidation sites excluding steroid dienone is 3. The molecule has 1 aliphatic rings. The van der Waals surface area contributed by atoms with E-state index in [1.807, 2.05) is 60.7 Å². The molecule has 1 atom stereocenters. The van der Waals surface area contributed by atoms with Crippen molar-refractivity contribution in [3.63, 3.8) is 0 Å². The number of benzene rings is 2. The Morgan fingerprint density at radius 3 is 2.28 bits per heavy atom. The number of aromatic nitrogens is 2. The highest BCUT2D eigenvalue weighted by Gasteiger charge is 2.25. The minimum Gasteiger partial charge on any atom is -0.393 e. The van der Waals surface area contributed by atoms with E-state index in [1.165, 1.54) is 12.3 Å². The number of unbranched alkanes of at least 4 members (excludes halogenated alkanes) is 1. The molecule has 1 unspecified atom stereocenters. The molecular weight excluding hydrogens is 492 g/mol. The second-order valence-electron chi connectivity index (χ2n) is 9.47. The number of nitrogen functional groups attached to an aromatic ring is 1. The molecule has 8 heteroatoms. The van der Waals surface area contributed by atoms with E-state index in [9.17, 15) is 19.2 Å². The number of nitrogens with one attached hydrogen (secondary N) is 1. The van der Waals surface area contributed by atoms with Gasteiger partial charge in [0.15, 0.2) is 0 Å². The summed E-state index contributed by atoms with van der Waals surface area (Å²) in [6.45, 7) is 2.00. The molecule has 0 radical (unpaired) electrons. The Hall–Kier alpha value is -4.59. The molecule has 200 valence electrons. The average Bonchev–Trinajstić information content (AvgIpc) is 2.96. The number of hydrogen-bond acceptors (Lipinski definition) is 6. The zero-order valence-corrected chi connectivity index (χ0v) is 21.9. The number of hydrogen-bond donors (Lipinski definition) is 2. The lowest BCUT2D eigenvalue weighted by Gasteiger charge is -2.23. The summed E-state index contributed by atoms with van der Waals surface area (Å²) in [6, 6.07) is 18.4. The maximum absolute atomic E-state index is 13.2. The summed E-state index contributed by atoms with van der Waals surface area (Å²) in [5, 5.41) is 2.81. The first-order valence-corrected chi connectivity index (χ1v) is 13.1. The molecule has 2 aromatic carbocycles. The van der Waals surface area contributed by atoms with E-state index >= 15 is 0 Å². The van der Waals surface area contributed by atoms with E-state index in [2.05, 4.69) is 17.2 Å². The lowest BCUT2D eigenvalue weighted by Crippen LogP contribution is -2.33. The zero-order chi connectivity index (χ0) is 27.8. The lowest BCUT2D eigenvalue weighted by molar-refractivity contribution is -0.131. The van der Waals surface area contributed by atoms with Crippen molar-refractivity contribution in [3.8, 4) is 11.4 Å². The fourth-order valence-electron chi connectivity index (χ4n) is 4.71. The fourth-order valence-corrected chi connectivity index (χ4v) is 4.71. The standard InChI is InChI=1S/C31H32N4O4/c1-2-3-14-23(35-30(22-12-8-5-9-13-22)34-20-26(32)31(35)39)15-18-28(37)33-19-25-24(16-17-27(36)29(25)38)21-10-6-4-7-11-21/h4-13,16-17,20,23H,2-3,14-15,18-19,32H2,1H3,(H,33,37). The predicted octanol–water partition coefficient (Wildman–Crippen LogP) is 4.28. The monoisotopic (exact) mass is 524 g/mol. The summed E-state index contributed by atoms with van der Waals surface area (Å²) >= 11 is 0. The van der Waals surface area contributed by atoms with Crippen molar-refractivity contribution in [1.82, 2.24) is 14.9 Å². The van der Waals surface area contributed by atoms with Crippen LogP contribution in [0.2, 0.25) is 0 Å². The van der Waals surface area contributed by atoms with Crippen molar-refractivity contribution in [3.05, 3.63) is 101 Å². The first-order chi connectivity index (χ1) is 18.9. The van der Waals surface area contributed by atoms with Crippen molar-refractivity contribution in [2.24, 2.45) is 0 Å². The number of rotatable bonds is 11. The molecule has 0 saturated carbocycles. The first-order valence-electron chi connectivity index (χ1n) is 13.1. The van der Waals surface area contributed by atoms with Gasteiger partial charge in [0.2, 0.25) is 17.5 Å². The Bertz CT molecular complexity index is 1470. The lowest BCUT2D eigenvalue weighted by atomic mass is 9.90. The van der Waals surface area contributed by atoms with Gasteiger partial charge >= 0.3 is 0 Å². The van der Waals surface area contributed by atoms with Gasteiger partial charge in [-0.25, -0.2) is 4.98 Å². The van der Waals surface area contributed by atoms with Gasteiger partial charge in [0.25, 0.3) is 5.56 Å². The number of anilines is 1. The van der Waals surface area contributed by atoms with Crippen LogP contribution in [-0.2, 0) is 14.4 Å². The largest absolute Gasteiger partial charge is 0.393 e. The van der Waals surface area contributed by atoms with Crippen LogP contribution < -0.4 is 16.6 Å². The van der Waals surface area contributed by atoms with Gasteiger partial charge in [-0.2, -0.15) is 0 Å². The maximum Gasteiger partial charge on any atom is 0.277 e. The molecule has 1 aliphatic carbocycles. The zero-order valence-electron chi connectivity index (χ0n) is 21.9. The third-order valence-electron chi connectivity index (χ3n) is 6.78.